The standard InChI is InChI=1S/C32H41N4O8P/c1-4-44-45(39,13-11-42-29-17-25-23(15-27(29)40-2)31(37)35-9-5-7-21(35)19-33-25)14-12-43-30-18-26-24(16-28(30)41-3)32(38)36-10-6-8-22(36)20-34-26/h15-19,21-22,34H,4-14,20H2,1-3H3/t21-,22-,45?/m0/s1. The van der Waals surface area contributed by atoms with Crippen molar-refractivity contribution < 1.29 is 37.6 Å². The van der Waals surface area contributed by atoms with Gasteiger partial charge in [0.05, 0.1) is 74.9 Å². The maximum atomic E-state index is 13.8. The van der Waals surface area contributed by atoms with Crippen molar-refractivity contribution in [1.29, 1.82) is 0 Å². The molecule has 1 unspecified atom stereocenters. The monoisotopic (exact) mass is 640 g/mol. The third-order valence-electron chi connectivity index (χ3n) is 8.90. The summed E-state index contributed by atoms with van der Waals surface area (Å²) >= 11 is 0. The molecule has 2 aromatic rings. The minimum Gasteiger partial charge on any atom is -0.493 e. The predicted molar refractivity (Wildman–Crippen MR) is 171 cm³/mol. The number of fused-ring (bicyclic) bond motifs is 4. The van der Waals surface area contributed by atoms with Crippen molar-refractivity contribution in [2.45, 2.75) is 44.7 Å². The van der Waals surface area contributed by atoms with Gasteiger partial charge < -0.3 is 38.6 Å². The number of carbonyl (C=O) groups is 2. The number of carbonyl (C=O) groups excluding carboxylic acids is 2. The molecule has 4 heterocycles. The highest BCUT2D eigenvalue weighted by atomic mass is 31.2. The molecule has 0 aromatic heterocycles. The normalized spacial score (nSPS) is 21.5. The molecule has 0 bridgehead atoms. The molecule has 0 radical (unpaired) electrons. The Kier molecular flexibility index (Phi) is 9.23. The van der Waals surface area contributed by atoms with Gasteiger partial charge in [0.25, 0.3) is 11.8 Å². The van der Waals surface area contributed by atoms with Crippen LogP contribution in [0.4, 0.5) is 11.4 Å². The predicted octanol–water partition coefficient (Wildman–Crippen LogP) is 4.83. The summed E-state index contributed by atoms with van der Waals surface area (Å²) in [7, 11) is -0.0915. The molecule has 0 saturated carbocycles. The first-order chi connectivity index (χ1) is 21.8. The number of benzene rings is 2. The van der Waals surface area contributed by atoms with Gasteiger partial charge >= 0.3 is 0 Å². The molecule has 4 aliphatic heterocycles. The van der Waals surface area contributed by atoms with Crippen molar-refractivity contribution >= 4 is 36.8 Å². The number of methoxy groups -OCH3 is 2. The van der Waals surface area contributed by atoms with Crippen LogP contribution >= 0.6 is 7.37 Å². The molecule has 2 saturated heterocycles. The molecule has 242 valence electrons. The first-order valence-corrected chi connectivity index (χ1v) is 17.7. The fourth-order valence-corrected chi connectivity index (χ4v) is 8.23. The molecule has 0 spiro atoms. The van der Waals surface area contributed by atoms with Gasteiger partial charge in [-0.05, 0) is 44.7 Å². The Labute approximate surface area is 263 Å². The van der Waals surface area contributed by atoms with Gasteiger partial charge in [-0.1, -0.05) is 0 Å². The highest BCUT2D eigenvalue weighted by Gasteiger charge is 2.35. The average molecular weight is 641 g/mol. The van der Waals surface area contributed by atoms with E-state index in [1.54, 1.807) is 31.2 Å². The zero-order valence-corrected chi connectivity index (χ0v) is 27.0. The van der Waals surface area contributed by atoms with Gasteiger partial charge in [0, 0.05) is 44.0 Å². The SMILES string of the molecule is CCOP(=O)(CCOc1cc2c(cc1OC)C(=O)N1CCC[C@H]1C=N2)CCOc1cc2c(cc1OC)C(=O)N1CCC[C@H]1CN2. The van der Waals surface area contributed by atoms with E-state index in [9.17, 15) is 14.2 Å². The Morgan fingerprint density at radius 2 is 1.51 bits per heavy atom. The third kappa shape index (κ3) is 6.35. The minimum absolute atomic E-state index is 0.00165. The van der Waals surface area contributed by atoms with Gasteiger partial charge in [0.15, 0.2) is 23.0 Å². The molecular formula is C32H41N4O8P. The van der Waals surface area contributed by atoms with Crippen molar-refractivity contribution in [3.63, 3.8) is 0 Å². The van der Waals surface area contributed by atoms with E-state index >= 15 is 0 Å². The summed E-state index contributed by atoms with van der Waals surface area (Å²) < 4.78 is 42.7. The number of nitrogens with zero attached hydrogens (tertiary/aromatic N) is 3. The summed E-state index contributed by atoms with van der Waals surface area (Å²) in [5, 5.41) is 3.40. The molecule has 45 heavy (non-hydrogen) atoms. The van der Waals surface area contributed by atoms with E-state index in [0.29, 0.717) is 58.6 Å². The van der Waals surface area contributed by atoms with Gasteiger partial charge in [-0.3, -0.25) is 19.1 Å². The molecule has 1 N–H and O–H groups in total. The molecule has 2 fully saturated rings. The molecular weight excluding hydrogens is 599 g/mol. The number of aliphatic imine (C=N–C) groups is 1. The second-order valence-electron chi connectivity index (χ2n) is 11.6. The first kappa shape index (κ1) is 31.2. The fraction of sp³-hybridized carbons (Fsp3) is 0.531. The highest BCUT2D eigenvalue weighted by molar-refractivity contribution is 7.59. The van der Waals surface area contributed by atoms with Crippen LogP contribution in [-0.2, 0) is 9.09 Å². The molecule has 12 nitrogen and oxygen atoms in total. The van der Waals surface area contributed by atoms with Gasteiger partial charge in [-0.15, -0.1) is 0 Å². The van der Waals surface area contributed by atoms with Crippen LogP contribution in [0.1, 0.15) is 53.3 Å². The Balaban J connectivity index is 1.10. The van der Waals surface area contributed by atoms with Crippen molar-refractivity contribution in [1.82, 2.24) is 9.80 Å². The summed E-state index contributed by atoms with van der Waals surface area (Å²) in [6.07, 6.45) is 5.98. The lowest BCUT2D eigenvalue weighted by molar-refractivity contribution is 0.0747. The van der Waals surface area contributed by atoms with Crippen LogP contribution in [-0.4, -0.2) is 106 Å². The Morgan fingerprint density at radius 1 is 0.867 bits per heavy atom. The van der Waals surface area contributed by atoms with Gasteiger partial charge in [0.2, 0.25) is 7.37 Å². The summed E-state index contributed by atoms with van der Waals surface area (Å²) in [5.41, 5.74) is 2.26. The number of ether oxygens (including phenoxy) is 4. The quantitative estimate of drug-likeness (QED) is 0.325. The summed E-state index contributed by atoms with van der Waals surface area (Å²) in [6, 6.07) is 7.05. The van der Waals surface area contributed by atoms with Gasteiger partial charge in [-0.25, -0.2) is 0 Å². The highest BCUT2D eigenvalue weighted by Crippen LogP contribution is 2.47. The Morgan fingerprint density at radius 3 is 2.22 bits per heavy atom. The van der Waals surface area contributed by atoms with E-state index in [4.69, 9.17) is 23.5 Å². The van der Waals surface area contributed by atoms with E-state index < -0.39 is 7.37 Å². The number of anilines is 1. The number of hydrogen-bond donors (Lipinski definition) is 1. The lowest BCUT2D eigenvalue weighted by Gasteiger charge is -2.21. The van der Waals surface area contributed by atoms with E-state index in [1.807, 2.05) is 16.0 Å². The lowest BCUT2D eigenvalue weighted by atomic mass is 10.1. The number of hydrogen-bond acceptors (Lipinski definition) is 10. The second-order valence-corrected chi connectivity index (χ2v) is 14.4. The molecule has 3 atom stereocenters. The smallest absolute Gasteiger partial charge is 0.256 e. The van der Waals surface area contributed by atoms with Crippen LogP contribution in [0.2, 0.25) is 0 Å². The van der Waals surface area contributed by atoms with Crippen LogP contribution in [0, 0.1) is 0 Å². The van der Waals surface area contributed by atoms with E-state index in [0.717, 1.165) is 32.2 Å². The van der Waals surface area contributed by atoms with E-state index in [-0.39, 0.29) is 56.0 Å². The lowest BCUT2D eigenvalue weighted by Crippen LogP contribution is -2.36. The van der Waals surface area contributed by atoms with Crippen molar-refractivity contribution in [2.24, 2.45) is 4.99 Å². The second kappa shape index (κ2) is 13.3. The van der Waals surface area contributed by atoms with Crippen molar-refractivity contribution in [2.75, 3.05) is 71.3 Å². The molecule has 2 amide bonds. The summed E-state index contributed by atoms with van der Waals surface area (Å²) in [5.74, 6) is 1.65. The Hall–Kier alpha value is -3.76. The van der Waals surface area contributed by atoms with E-state index in [1.165, 1.54) is 14.2 Å². The van der Waals surface area contributed by atoms with Gasteiger partial charge in [-0.2, -0.15) is 0 Å². The first-order valence-electron chi connectivity index (χ1n) is 15.7. The molecule has 0 aliphatic carbocycles. The number of nitrogens with one attached hydrogen (secondary N) is 1. The number of amides is 2. The zero-order valence-electron chi connectivity index (χ0n) is 26.1. The van der Waals surface area contributed by atoms with Crippen LogP contribution in [0.5, 0.6) is 23.0 Å². The van der Waals surface area contributed by atoms with Crippen molar-refractivity contribution in [3.8, 4) is 23.0 Å². The van der Waals surface area contributed by atoms with Crippen LogP contribution in [0.25, 0.3) is 0 Å². The van der Waals surface area contributed by atoms with Crippen LogP contribution < -0.4 is 24.3 Å². The largest absolute Gasteiger partial charge is 0.493 e. The van der Waals surface area contributed by atoms with Crippen LogP contribution in [0.3, 0.4) is 0 Å². The summed E-state index contributed by atoms with van der Waals surface area (Å²) in [6.45, 7) is 4.44. The maximum Gasteiger partial charge on any atom is 0.256 e. The molecule has 4 aliphatic rings. The minimum atomic E-state index is -3.14. The molecule has 13 heteroatoms. The summed E-state index contributed by atoms with van der Waals surface area (Å²) in [4.78, 5) is 34.7. The topological polar surface area (TPSA) is 128 Å². The third-order valence-corrected chi connectivity index (χ3v) is 11.4. The maximum absolute atomic E-state index is 13.8. The van der Waals surface area contributed by atoms with Gasteiger partial charge in [0.1, 0.15) is 0 Å². The average Bonchev–Trinajstić information content (AvgIpc) is 3.67. The number of rotatable bonds is 12. The fourth-order valence-electron chi connectivity index (χ4n) is 6.54. The van der Waals surface area contributed by atoms with Crippen LogP contribution in [0.15, 0.2) is 29.3 Å². The zero-order chi connectivity index (χ0) is 31.6. The Bertz CT molecular complexity index is 1530. The molecule has 6 rings (SSSR count). The van der Waals surface area contributed by atoms with Crippen molar-refractivity contribution in [3.05, 3.63) is 35.4 Å². The molecule has 2 aromatic carbocycles. The van der Waals surface area contributed by atoms with E-state index in [2.05, 4.69) is 10.3 Å².